The van der Waals surface area contributed by atoms with Gasteiger partial charge in [0, 0.05) is 24.6 Å². The molecule has 132 valence electrons. The third kappa shape index (κ3) is 3.39. The number of hydrogen-bond acceptors (Lipinski definition) is 3. The quantitative estimate of drug-likeness (QED) is 0.786. The van der Waals surface area contributed by atoms with Crippen molar-refractivity contribution >= 4 is 11.6 Å². The Morgan fingerprint density at radius 2 is 2.15 bits per heavy atom. The third-order valence-electron chi connectivity index (χ3n) is 4.70. The van der Waals surface area contributed by atoms with Crippen molar-refractivity contribution in [2.75, 3.05) is 11.9 Å². The first kappa shape index (κ1) is 16.5. The van der Waals surface area contributed by atoms with Crippen molar-refractivity contribution in [3.05, 3.63) is 83.4 Å². The molecule has 0 saturated heterocycles. The van der Waals surface area contributed by atoms with Gasteiger partial charge in [0.1, 0.15) is 5.82 Å². The minimum atomic E-state index is -0.556. The summed E-state index contributed by atoms with van der Waals surface area (Å²) in [6.45, 7) is 3.26. The zero-order valence-electron chi connectivity index (χ0n) is 14.7. The number of nitrogens with one attached hydrogen (secondary N) is 1. The van der Waals surface area contributed by atoms with Crippen molar-refractivity contribution in [2.24, 2.45) is 0 Å². The van der Waals surface area contributed by atoms with Crippen LogP contribution in [0.3, 0.4) is 0 Å². The summed E-state index contributed by atoms with van der Waals surface area (Å²) >= 11 is 0. The summed E-state index contributed by atoms with van der Waals surface area (Å²) in [6, 6.07) is 15.9. The highest BCUT2D eigenvalue weighted by atomic mass is 16.5. The molecule has 1 amide bonds. The number of anilines is 1. The number of fused-ring (bicyclic) bond motifs is 1. The zero-order chi connectivity index (χ0) is 17.9. The van der Waals surface area contributed by atoms with Gasteiger partial charge in [0.15, 0.2) is 6.10 Å². The molecule has 1 atom stereocenters. The minimum absolute atomic E-state index is 0.131. The lowest BCUT2D eigenvalue weighted by molar-refractivity contribution is -0.128. The Kier molecular flexibility index (Phi) is 4.54. The molecule has 0 radical (unpaired) electrons. The largest absolute Gasteiger partial charge is 0.363 e. The Morgan fingerprint density at radius 3 is 3.00 bits per heavy atom. The van der Waals surface area contributed by atoms with Gasteiger partial charge in [-0.3, -0.25) is 4.79 Å². The second-order valence-electron chi connectivity index (χ2n) is 6.49. The molecule has 4 rings (SSSR count). The number of benzene rings is 2. The van der Waals surface area contributed by atoms with E-state index in [-0.39, 0.29) is 5.91 Å². The lowest BCUT2D eigenvalue weighted by atomic mass is 9.97. The van der Waals surface area contributed by atoms with Gasteiger partial charge in [-0.15, -0.1) is 0 Å². The molecule has 1 aliphatic heterocycles. The number of rotatable bonds is 4. The van der Waals surface area contributed by atoms with Crippen molar-refractivity contribution in [3.8, 4) is 0 Å². The molecule has 5 nitrogen and oxygen atoms in total. The van der Waals surface area contributed by atoms with Crippen LogP contribution in [0.4, 0.5) is 5.69 Å². The van der Waals surface area contributed by atoms with Crippen molar-refractivity contribution in [2.45, 2.75) is 26.0 Å². The van der Waals surface area contributed by atoms with Crippen molar-refractivity contribution < 1.29 is 9.53 Å². The van der Waals surface area contributed by atoms with E-state index in [4.69, 9.17) is 4.74 Å². The van der Waals surface area contributed by atoms with Gasteiger partial charge in [-0.25, -0.2) is 4.98 Å². The maximum absolute atomic E-state index is 12.8. The van der Waals surface area contributed by atoms with E-state index in [1.54, 1.807) is 6.20 Å². The predicted octanol–water partition coefficient (Wildman–Crippen LogP) is 3.49. The van der Waals surface area contributed by atoms with E-state index in [9.17, 15) is 4.79 Å². The van der Waals surface area contributed by atoms with Crippen LogP contribution in [0, 0.1) is 6.92 Å². The molecule has 1 aromatic heterocycles. The molecule has 0 unspecified atom stereocenters. The molecule has 5 heteroatoms. The van der Waals surface area contributed by atoms with Crippen molar-refractivity contribution in [3.63, 3.8) is 0 Å². The standard InChI is InChI=1S/C21H21N3O2/c1-15-22-10-11-24(15)14-16-5-4-7-18(13-16)23-21(25)20-19-8-3-2-6-17(19)9-12-26-20/h2-8,10-11,13,20H,9,12,14H2,1H3,(H,23,25)/t20-/m1/s1. The smallest absolute Gasteiger partial charge is 0.258 e. The number of carbonyl (C=O) groups is 1. The summed E-state index contributed by atoms with van der Waals surface area (Å²) in [4.78, 5) is 17.0. The Labute approximate surface area is 152 Å². The highest BCUT2D eigenvalue weighted by molar-refractivity contribution is 5.95. The van der Waals surface area contributed by atoms with Gasteiger partial charge in [0.05, 0.1) is 6.61 Å². The summed E-state index contributed by atoms with van der Waals surface area (Å²) in [5, 5.41) is 3.00. The maximum Gasteiger partial charge on any atom is 0.258 e. The molecule has 0 aliphatic carbocycles. The second-order valence-corrected chi connectivity index (χ2v) is 6.49. The van der Waals surface area contributed by atoms with Gasteiger partial charge in [-0.1, -0.05) is 36.4 Å². The van der Waals surface area contributed by atoms with Gasteiger partial charge in [-0.05, 0) is 42.2 Å². The summed E-state index contributed by atoms with van der Waals surface area (Å²) in [7, 11) is 0. The summed E-state index contributed by atoms with van der Waals surface area (Å²) in [5.74, 6) is 0.833. The van der Waals surface area contributed by atoms with E-state index >= 15 is 0 Å². The molecule has 1 aliphatic rings. The van der Waals surface area contributed by atoms with Crippen molar-refractivity contribution in [1.82, 2.24) is 9.55 Å². The normalized spacial score (nSPS) is 16.1. The van der Waals surface area contributed by atoms with Crippen molar-refractivity contribution in [1.29, 1.82) is 0 Å². The molecule has 26 heavy (non-hydrogen) atoms. The van der Waals surface area contributed by atoms with E-state index in [1.807, 2.05) is 55.6 Å². The number of aromatic nitrogens is 2. The zero-order valence-corrected chi connectivity index (χ0v) is 14.7. The van der Waals surface area contributed by atoms with Crippen LogP contribution in [0.5, 0.6) is 0 Å². The first-order chi connectivity index (χ1) is 12.7. The number of imidazole rings is 1. The van der Waals surface area contributed by atoms with Crippen LogP contribution in [-0.2, 0) is 22.5 Å². The average molecular weight is 347 g/mol. The van der Waals surface area contributed by atoms with Gasteiger partial charge in [-0.2, -0.15) is 0 Å². The first-order valence-corrected chi connectivity index (χ1v) is 8.77. The summed E-state index contributed by atoms with van der Waals surface area (Å²) in [5.41, 5.74) is 4.02. The highest BCUT2D eigenvalue weighted by Crippen LogP contribution is 2.28. The van der Waals surface area contributed by atoms with E-state index in [2.05, 4.69) is 20.9 Å². The minimum Gasteiger partial charge on any atom is -0.363 e. The van der Waals surface area contributed by atoms with E-state index in [1.165, 1.54) is 5.56 Å². The van der Waals surface area contributed by atoms with Gasteiger partial charge in [0.2, 0.25) is 0 Å². The monoisotopic (exact) mass is 347 g/mol. The highest BCUT2D eigenvalue weighted by Gasteiger charge is 2.27. The lowest BCUT2D eigenvalue weighted by Crippen LogP contribution is -2.28. The maximum atomic E-state index is 12.8. The molecule has 0 saturated carbocycles. The molecule has 2 aromatic carbocycles. The third-order valence-corrected chi connectivity index (χ3v) is 4.70. The predicted molar refractivity (Wildman–Crippen MR) is 100.0 cm³/mol. The van der Waals surface area contributed by atoms with E-state index in [0.717, 1.165) is 35.6 Å². The number of carbonyl (C=O) groups excluding carboxylic acids is 1. The number of ether oxygens (including phenoxy) is 1. The number of aryl methyl sites for hydroxylation is 1. The molecule has 3 aromatic rings. The van der Waals surface area contributed by atoms with Gasteiger partial charge < -0.3 is 14.6 Å². The fourth-order valence-electron chi connectivity index (χ4n) is 3.33. The second kappa shape index (κ2) is 7.14. The number of hydrogen-bond donors (Lipinski definition) is 1. The molecule has 0 spiro atoms. The molecule has 0 fully saturated rings. The van der Waals surface area contributed by atoms with Crippen LogP contribution >= 0.6 is 0 Å². The Hall–Kier alpha value is -2.92. The Balaban J connectivity index is 1.50. The fraction of sp³-hybridized carbons (Fsp3) is 0.238. The van der Waals surface area contributed by atoms with E-state index in [0.29, 0.717) is 6.61 Å². The van der Waals surface area contributed by atoms with E-state index < -0.39 is 6.10 Å². The fourth-order valence-corrected chi connectivity index (χ4v) is 3.33. The van der Waals surface area contributed by atoms with Crippen LogP contribution in [0.15, 0.2) is 60.9 Å². The molecular formula is C21H21N3O2. The topological polar surface area (TPSA) is 56.2 Å². The Bertz CT molecular complexity index is 932. The molecule has 2 heterocycles. The molecule has 1 N–H and O–H groups in total. The van der Waals surface area contributed by atoms with Gasteiger partial charge in [0.25, 0.3) is 5.91 Å². The molecular weight excluding hydrogens is 326 g/mol. The SMILES string of the molecule is Cc1nccn1Cc1cccc(NC(=O)[C@@H]2OCCc3ccccc32)c1. The van der Waals surface area contributed by atoms with Crippen LogP contribution < -0.4 is 5.32 Å². The van der Waals surface area contributed by atoms with Crippen LogP contribution in [0.1, 0.15) is 28.6 Å². The van der Waals surface area contributed by atoms with Gasteiger partial charge >= 0.3 is 0 Å². The Morgan fingerprint density at radius 1 is 1.27 bits per heavy atom. The summed E-state index contributed by atoms with van der Waals surface area (Å²) < 4.78 is 7.82. The van der Waals surface area contributed by atoms with Crippen LogP contribution in [0.2, 0.25) is 0 Å². The van der Waals surface area contributed by atoms with Crippen LogP contribution in [-0.4, -0.2) is 22.1 Å². The number of nitrogens with zero attached hydrogens (tertiary/aromatic N) is 2. The molecule has 0 bridgehead atoms. The van der Waals surface area contributed by atoms with Crippen LogP contribution in [0.25, 0.3) is 0 Å². The lowest BCUT2D eigenvalue weighted by Gasteiger charge is -2.25. The summed E-state index contributed by atoms with van der Waals surface area (Å²) in [6.07, 6.45) is 4.03. The first-order valence-electron chi connectivity index (χ1n) is 8.77. The number of amides is 1. The average Bonchev–Trinajstić information content (AvgIpc) is 3.06.